The summed E-state index contributed by atoms with van der Waals surface area (Å²) >= 11 is 1.72. The molecule has 6 nitrogen and oxygen atoms in total. The molecule has 0 amide bonds. The third kappa shape index (κ3) is 8.65. The third-order valence-corrected chi connectivity index (χ3v) is 5.00. The molecule has 8 heteroatoms. The highest BCUT2D eigenvalue weighted by atomic mass is 127. The van der Waals surface area contributed by atoms with Crippen LogP contribution in [-0.2, 0) is 11.3 Å². The van der Waals surface area contributed by atoms with Crippen molar-refractivity contribution >= 4 is 41.3 Å². The summed E-state index contributed by atoms with van der Waals surface area (Å²) in [5.41, 5.74) is 0. The van der Waals surface area contributed by atoms with Gasteiger partial charge in [-0.15, -0.1) is 35.3 Å². The molecule has 25 heavy (non-hydrogen) atoms. The summed E-state index contributed by atoms with van der Waals surface area (Å²) in [7, 11) is 1.82. The van der Waals surface area contributed by atoms with Gasteiger partial charge in [-0.3, -0.25) is 4.99 Å². The largest absolute Gasteiger partial charge is 0.377 e. The molecule has 144 valence electrons. The first-order chi connectivity index (χ1) is 11.6. The average Bonchev–Trinajstić information content (AvgIpc) is 2.98. The Labute approximate surface area is 172 Å². The number of likely N-dealkylation sites (tertiary alicyclic amines) is 1. The molecule has 2 N–H and O–H groups in total. The first kappa shape index (κ1) is 22.6. The van der Waals surface area contributed by atoms with Crippen LogP contribution < -0.4 is 10.6 Å². The first-order valence-corrected chi connectivity index (χ1v) is 9.61. The van der Waals surface area contributed by atoms with Crippen LogP contribution >= 0.6 is 35.3 Å². The number of piperidine rings is 1. The highest BCUT2D eigenvalue weighted by molar-refractivity contribution is 14.0. The molecule has 0 bridgehead atoms. The molecule has 0 aromatic carbocycles. The van der Waals surface area contributed by atoms with Gasteiger partial charge in [-0.1, -0.05) is 0 Å². The number of guanidine groups is 1. The Bertz CT molecular complexity index is 515. The Morgan fingerprint density at radius 3 is 2.72 bits per heavy atom. The SMILES string of the molecule is CN=C(NCc1ncc(C)s1)NC1CCN(CCOC(C)C)CC1.I. The van der Waals surface area contributed by atoms with E-state index in [2.05, 4.69) is 46.3 Å². The number of nitrogens with one attached hydrogen (secondary N) is 2. The van der Waals surface area contributed by atoms with Crippen LogP contribution in [-0.4, -0.2) is 61.3 Å². The maximum absolute atomic E-state index is 5.64. The van der Waals surface area contributed by atoms with Gasteiger partial charge in [0.15, 0.2) is 5.96 Å². The van der Waals surface area contributed by atoms with E-state index >= 15 is 0 Å². The van der Waals surface area contributed by atoms with Crippen molar-refractivity contribution in [1.29, 1.82) is 0 Å². The van der Waals surface area contributed by atoms with Gasteiger partial charge in [0.2, 0.25) is 0 Å². The lowest BCUT2D eigenvalue weighted by molar-refractivity contribution is 0.0532. The van der Waals surface area contributed by atoms with Gasteiger partial charge < -0.3 is 20.3 Å². The molecule has 2 rings (SSSR count). The average molecular weight is 481 g/mol. The number of hydrogen-bond donors (Lipinski definition) is 2. The van der Waals surface area contributed by atoms with E-state index in [-0.39, 0.29) is 24.0 Å². The molecule has 0 atom stereocenters. The Morgan fingerprint density at radius 1 is 1.44 bits per heavy atom. The fourth-order valence-electron chi connectivity index (χ4n) is 2.75. The Kier molecular flexibility index (Phi) is 10.9. The minimum Gasteiger partial charge on any atom is -0.377 e. The topological polar surface area (TPSA) is 61.8 Å². The monoisotopic (exact) mass is 481 g/mol. The van der Waals surface area contributed by atoms with Crippen LogP contribution in [0, 0.1) is 6.92 Å². The number of rotatable bonds is 7. The van der Waals surface area contributed by atoms with Crippen molar-refractivity contribution < 1.29 is 4.74 Å². The smallest absolute Gasteiger partial charge is 0.191 e. The van der Waals surface area contributed by atoms with Crippen molar-refractivity contribution in [3.05, 3.63) is 16.1 Å². The number of aliphatic imine (C=N–C) groups is 1. The zero-order valence-corrected chi connectivity index (χ0v) is 18.9. The van der Waals surface area contributed by atoms with Crippen molar-refractivity contribution in [2.24, 2.45) is 4.99 Å². The van der Waals surface area contributed by atoms with Gasteiger partial charge in [0, 0.05) is 43.8 Å². The summed E-state index contributed by atoms with van der Waals surface area (Å²) < 4.78 is 5.64. The van der Waals surface area contributed by atoms with Crippen LogP contribution in [0.15, 0.2) is 11.2 Å². The Balaban J connectivity index is 0.00000312. The summed E-state index contributed by atoms with van der Waals surface area (Å²) in [5.74, 6) is 0.865. The second kappa shape index (κ2) is 12.0. The number of thiazole rings is 1. The number of ether oxygens (including phenoxy) is 1. The van der Waals surface area contributed by atoms with Crippen LogP contribution in [0.3, 0.4) is 0 Å². The maximum Gasteiger partial charge on any atom is 0.191 e. The van der Waals surface area contributed by atoms with Crippen LogP contribution in [0.5, 0.6) is 0 Å². The molecular formula is C17H32IN5OS. The minimum absolute atomic E-state index is 0. The van der Waals surface area contributed by atoms with Crippen LogP contribution in [0.25, 0.3) is 0 Å². The minimum atomic E-state index is 0. The van der Waals surface area contributed by atoms with Gasteiger partial charge in [-0.25, -0.2) is 4.98 Å². The highest BCUT2D eigenvalue weighted by Crippen LogP contribution is 2.11. The quantitative estimate of drug-likeness (QED) is 0.356. The number of hydrogen-bond acceptors (Lipinski definition) is 5. The molecule has 2 heterocycles. The van der Waals surface area contributed by atoms with E-state index in [4.69, 9.17) is 4.74 Å². The standard InChI is InChI=1S/C17H31N5OS.HI/c1-13(2)23-10-9-22-7-5-15(6-8-22)21-17(18-4)20-12-16-19-11-14(3)24-16;/h11,13,15H,5-10,12H2,1-4H3,(H2,18,20,21);1H. The van der Waals surface area contributed by atoms with Crippen molar-refractivity contribution in [2.75, 3.05) is 33.3 Å². The Hall–Kier alpha value is -0.450. The molecule has 1 fully saturated rings. The summed E-state index contributed by atoms with van der Waals surface area (Å²) in [4.78, 5) is 12.4. The van der Waals surface area contributed by atoms with Gasteiger partial charge in [0.25, 0.3) is 0 Å². The summed E-state index contributed by atoms with van der Waals surface area (Å²) in [6.45, 7) is 11.1. The van der Waals surface area contributed by atoms with Gasteiger partial charge in [-0.05, 0) is 33.6 Å². The van der Waals surface area contributed by atoms with Gasteiger partial charge in [0.05, 0.1) is 19.3 Å². The van der Waals surface area contributed by atoms with E-state index in [0.29, 0.717) is 12.1 Å². The normalized spacial score (nSPS) is 16.8. The molecule has 1 aromatic heterocycles. The number of nitrogens with zero attached hydrogens (tertiary/aromatic N) is 3. The lowest BCUT2D eigenvalue weighted by Crippen LogP contribution is -2.49. The molecule has 1 saturated heterocycles. The number of aryl methyl sites for hydroxylation is 1. The van der Waals surface area contributed by atoms with E-state index in [1.165, 1.54) is 4.88 Å². The van der Waals surface area contributed by atoms with Gasteiger partial charge >= 0.3 is 0 Å². The molecule has 0 radical (unpaired) electrons. The van der Waals surface area contributed by atoms with Crippen molar-refractivity contribution in [3.8, 4) is 0 Å². The summed E-state index contributed by atoms with van der Waals surface area (Å²) in [6.07, 6.45) is 4.51. The van der Waals surface area contributed by atoms with Gasteiger partial charge in [0.1, 0.15) is 5.01 Å². The third-order valence-electron chi connectivity index (χ3n) is 4.09. The molecule has 1 aliphatic heterocycles. The van der Waals surface area contributed by atoms with Crippen molar-refractivity contribution in [3.63, 3.8) is 0 Å². The van der Waals surface area contributed by atoms with Crippen molar-refractivity contribution in [1.82, 2.24) is 20.5 Å². The highest BCUT2D eigenvalue weighted by Gasteiger charge is 2.19. The van der Waals surface area contributed by atoms with Gasteiger partial charge in [-0.2, -0.15) is 0 Å². The van der Waals surface area contributed by atoms with E-state index < -0.39 is 0 Å². The van der Waals surface area contributed by atoms with Crippen LogP contribution in [0.2, 0.25) is 0 Å². The molecule has 1 aromatic rings. The Morgan fingerprint density at radius 2 is 2.16 bits per heavy atom. The maximum atomic E-state index is 5.64. The fraction of sp³-hybridized carbons (Fsp3) is 0.765. The summed E-state index contributed by atoms with van der Waals surface area (Å²) in [5, 5.41) is 7.99. The van der Waals surface area contributed by atoms with Crippen LogP contribution in [0.4, 0.5) is 0 Å². The van der Waals surface area contributed by atoms with E-state index in [1.807, 2.05) is 13.2 Å². The zero-order valence-electron chi connectivity index (χ0n) is 15.7. The molecule has 1 aliphatic rings. The number of halogens is 1. The number of aromatic nitrogens is 1. The predicted molar refractivity (Wildman–Crippen MR) is 116 cm³/mol. The second-order valence-electron chi connectivity index (χ2n) is 6.47. The second-order valence-corrected chi connectivity index (χ2v) is 7.79. The predicted octanol–water partition coefficient (Wildman–Crippen LogP) is 2.62. The zero-order chi connectivity index (χ0) is 17.4. The fourth-order valence-corrected chi connectivity index (χ4v) is 3.48. The lowest BCUT2D eigenvalue weighted by atomic mass is 10.1. The molecule has 0 saturated carbocycles. The summed E-state index contributed by atoms with van der Waals surface area (Å²) in [6, 6.07) is 0.483. The van der Waals surface area contributed by atoms with Crippen LogP contribution in [0.1, 0.15) is 36.6 Å². The van der Waals surface area contributed by atoms with E-state index in [1.54, 1.807) is 11.3 Å². The molecule has 0 aliphatic carbocycles. The molecule has 0 spiro atoms. The lowest BCUT2D eigenvalue weighted by Gasteiger charge is -2.33. The first-order valence-electron chi connectivity index (χ1n) is 8.79. The molecule has 0 unspecified atom stereocenters. The van der Waals surface area contributed by atoms with E-state index in [9.17, 15) is 0 Å². The van der Waals surface area contributed by atoms with E-state index in [0.717, 1.165) is 56.6 Å². The molecular weight excluding hydrogens is 449 g/mol. The van der Waals surface area contributed by atoms with Crippen molar-refractivity contribution in [2.45, 2.75) is 52.3 Å².